The number of benzene rings is 2. The molecule has 0 radical (unpaired) electrons. The zero-order chi connectivity index (χ0) is 24.2. The average molecular weight is 493 g/mol. The summed E-state index contributed by atoms with van der Waals surface area (Å²) in [6.07, 6.45) is 5.77. The number of hydrogen-bond donors (Lipinski definition) is 1. The number of nitrogens with one attached hydrogen (secondary N) is 1. The summed E-state index contributed by atoms with van der Waals surface area (Å²) in [4.78, 5) is 46.0. The molecular weight excluding hydrogens is 460 g/mol. The monoisotopic (exact) mass is 492 g/mol. The summed E-state index contributed by atoms with van der Waals surface area (Å²) in [5, 5.41) is 2.08. The molecule has 1 N–H and O–H groups in total. The molecule has 35 heavy (non-hydrogen) atoms. The molecule has 2 fully saturated rings. The molecule has 0 bridgehead atoms. The third-order valence-electron chi connectivity index (χ3n) is 6.93. The van der Waals surface area contributed by atoms with Gasteiger partial charge < -0.3 is 15.1 Å². The first-order valence-corrected chi connectivity index (χ1v) is 13.4. The number of rotatable bonds is 6. The second kappa shape index (κ2) is 10.8. The van der Waals surface area contributed by atoms with Crippen molar-refractivity contribution >= 4 is 40.9 Å². The van der Waals surface area contributed by atoms with Crippen molar-refractivity contribution in [2.45, 2.75) is 48.8 Å². The van der Waals surface area contributed by atoms with Crippen LogP contribution in [0.1, 0.15) is 37.7 Å². The van der Waals surface area contributed by atoms with Crippen molar-refractivity contribution in [2.75, 3.05) is 42.9 Å². The number of thioether (sulfide) groups is 1. The Balaban J connectivity index is 1.25. The first kappa shape index (κ1) is 23.9. The molecule has 2 aromatic carbocycles. The number of nitrogens with zero attached hydrogens (tertiary/aromatic N) is 3. The number of carbonyl (C=O) groups is 3. The Bertz CT molecular complexity index is 1080. The van der Waals surface area contributed by atoms with Gasteiger partial charge in [-0.25, -0.2) is 0 Å². The van der Waals surface area contributed by atoms with Crippen LogP contribution in [0.5, 0.6) is 0 Å². The standard InChI is InChI=1S/C27H32N4O3S/c32-24(28-21-12-10-20(11-13-21)18-29-14-4-1-5-15-29)19-31-22-8-2-3-9-23(22)35-25(27(31)34)26(33)30-16-6-7-17-30/h2-3,8-13,25H,1,4-7,14-19H2,(H,28,32)/t25-/m1/s1. The largest absolute Gasteiger partial charge is 0.341 e. The Hall–Kier alpha value is -2.84. The molecule has 8 heteroatoms. The molecule has 3 aliphatic rings. The second-order valence-electron chi connectivity index (χ2n) is 9.50. The highest BCUT2D eigenvalue weighted by molar-refractivity contribution is 8.01. The van der Waals surface area contributed by atoms with Crippen LogP contribution in [0.2, 0.25) is 0 Å². The van der Waals surface area contributed by atoms with Crippen molar-refractivity contribution in [2.24, 2.45) is 0 Å². The Kier molecular flexibility index (Phi) is 7.39. The maximum Gasteiger partial charge on any atom is 0.250 e. The number of piperidine rings is 1. The number of amides is 3. The minimum Gasteiger partial charge on any atom is -0.341 e. The Morgan fingerprint density at radius 3 is 2.31 bits per heavy atom. The summed E-state index contributed by atoms with van der Waals surface area (Å²) < 4.78 is 0. The van der Waals surface area contributed by atoms with E-state index in [-0.39, 0.29) is 24.3 Å². The van der Waals surface area contributed by atoms with Crippen molar-refractivity contribution < 1.29 is 14.4 Å². The van der Waals surface area contributed by atoms with Gasteiger partial charge in [0.05, 0.1) is 5.69 Å². The number of likely N-dealkylation sites (tertiary alicyclic amines) is 2. The van der Waals surface area contributed by atoms with E-state index < -0.39 is 5.25 Å². The van der Waals surface area contributed by atoms with Crippen LogP contribution in [-0.2, 0) is 20.9 Å². The Morgan fingerprint density at radius 1 is 0.886 bits per heavy atom. The smallest absolute Gasteiger partial charge is 0.250 e. The highest BCUT2D eigenvalue weighted by Crippen LogP contribution is 2.40. The number of para-hydroxylation sites is 1. The fourth-order valence-electron chi connectivity index (χ4n) is 5.05. The number of fused-ring (bicyclic) bond motifs is 1. The number of hydrogen-bond acceptors (Lipinski definition) is 5. The van der Waals surface area contributed by atoms with Crippen LogP contribution in [0.15, 0.2) is 53.4 Å². The van der Waals surface area contributed by atoms with Crippen molar-refractivity contribution in [3.05, 3.63) is 54.1 Å². The quantitative estimate of drug-likeness (QED) is 0.622. The normalized spacial score (nSPS) is 20.6. The molecule has 0 aromatic heterocycles. The lowest BCUT2D eigenvalue weighted by atomic mass is 10.1. The van der Waals surface area contributed by atoms with Crippen LogP contribution >= 0.6 is 11.8 Å². The van der Waals surface area contributed by atoms with Crippen molar-refractivity contribution in [3.63, 3.8) is 0 Å². The molecule has 0 spiro atoms. The van der Waals surface area contributed by atoms with Gasteiger partial charge in [0.15, 0.2) is 5.25 Å². The molecule has 1 atom stereocenters. The number of carbonyl (C=O) groups excluding carboxylic acids is 3. The van der Waals surface area contributed by atoms with Gasteiger partial charge in [-0.05, 0) is 68.6 Å². The topological polar surface area (TPSA) is 73.0 Å². The van der Waals surface area contributed by atoms with E-state index in [0.29, 0.717) is 24.5 Å². The molecule has 2 saturated heterocycles. The van der Waals surface area contributed by atoms with Gasteiger partial charge in [-0.15, -0.1) is 11.8 Å². The fourth-order valence-corrected chi connectivity index (χ4v) is 6.24. The summed E-state index contributed by atoms with van der Waals surface area (Å²) in [5.74, 6) is -0.754. The molecule has 3 aliphatic heterocycles. The molecule has 2 aromatic rings. The average Bonchev–Trinajstić information content (AvgIpc) is 3.42. The van der Waals surface area contributed by atoms with Gasteiger partial charge in [0.2, 0.25) is 11.8 Å². The van der Waals surface area contributed by atoms with Crippen molar-refractivity contribution in [1.29, 1.82) is 0 Å². The molecule has 3 heterocycles. The molecule has 7 nitrogen and oxygen atoms in total. The first-order valence-electron chi connectivity index (χ1n) is 12.6. The van der Waals surface area contributed by atoms with Gasteiger partial charge in [-0.2, -0.15) is 0 Å². The molecule has 0 saturated carbocycles. The number of anilines is 2. The summed E-state index contributed by atoms with van der Waals surface area (Å²) in [6.45, 7) is 4.47. The van der Waals surface area contributed by atoms with E-state index in [1.54, 1.807) is 4.90 Å². The van der Waals surface area contributed by atoms with Gasteiger partial charge in [0.1, 0.15) is 6.54 Å². The van der Waals surface area contributed by atoms with Gasteiger partial charge in [0.25, 0.3) is 5.91 Å². The third kappa shape index (κ3) is 5.54. The minimum absolute atomic E-state index is 0.129. The predicted octanol–water partition coefficient (Wildman–Crippen LogP) is 3.74. The zero-order valence-corrected chi connectivity index (χ0v) is 20.8. The van der Waals surface area contributed by atoms with E-state index >= 15 is 0 Å². The maximum atomic E-state index is 13.4. The lowest BCUT2D eigenvalue weighted by molar-refractivity contribution is -0.134. The van der Waals surface area contributed by atoms with Gasteiger partial charge in [0, 0.05) is 30.2 Å². The van der Waals surface area contributed by atoms with Crippen molar-refractivity contribution in [1.82, 2.24) is 9.80 Å². The first-order chi connectivity index (χ1) is 17.1. The fraction of sp³-hybridized carbons (Fsp3) is 0.444. The van der Waals surface area contributed by atoms with Crippen LogP contribution in [0.3, 0.4) is 0 Å². The van der Waals surface area contributed by atoms with E-state index in [1.807, 2.05) is 48.5 Å². The lowest BCUT2D eigenvalue weighted by Gasteiger charge is -2.34. The van der Waals surface area contributed by atoms with Gasteiger partial charge in [-0.3, -0.25) is 19.3 Å². The van der Waals surface area contributed by atoms with Crippen LogP contribution in [0, 0.1) is 0 Å². The van der Waals surface area contributed by atoms with Crippen molar-refractivity contribution in [3.8, 4) is 0 Å². The predicted molar refractivity (Wildman–Crippen MR) is 138 cm³/mol. The summed E-state index contributed by atoms with van der Waals surface area (Å²) in [5.41, 5.74) is 2.61. The van der Waals surface area contributed by atoms with E-state index in [1.165, 1.54) is 41.5 Å². The zero-order valence-electron chi connectivity index (χ0n) is 19.9. The van der Waals surface area contributed by atoms with Gasteiger partial charge in [-0.1, -0.05) is 30.7 Å². The molecule has 5 rings (SSSR count). The maximum absolute atomic E-state index is 13.4. The van der Waals surface area contributed by atoms with Crippen LogP contribution in [-0.4, -0.2) is 65.5 Å². The molecular formula is C27H32N4O3S. The van der Waals surface area contributed by atoms with Crippen LogP contribution < -0.4 is 10.2 Å². The lowest BCUT2D eigenvalue weighted by Crippen LogP contribution is -2.51. The third-order valence-corrected chi connectivity index (χ3v) is 8.17. The van der Waals surface area contributed by atoms with E-state index in [0.717, 1.165) is 37.4 Å². The minimum atomic E-state index is -0.843. The molecule has 184 valence electrons. The summed E-state index contributed by atoms with van der Waals surface area (Å²) >= 11 is 1.29. The summed E-state index contributed by atoms with van der Waals surface area (Å²) in [6, 6.07) is 15.4. The van der Waals surface area contributed by atoms with Crippen LogP contribution in [0.25, 0.3) is 0 Å². The SMILES string of the molecule is O=C(CN1C(=O)[C@@H](C(=O)N2CCCC2)Sc2ccccc21)Nc1ccc(CN2CCCCC2)cc1. The van der Waals surface area contributed by atoms with Crippen LogP contribution in [0.4, 0.5) is 11.4 Å². The second-order valence-corrected chi connectivity index (χ2v) is 10.7. The van der Waals surface area contributed by atoms with E-state index in [9.17, 15) is 14.4 Å². The molecule has 3 amide bonds. The van der Waals surface area contributed by atoms with Gasteiger partial charge >= 0.3 is 0 Å². The van der Waals surface area contributed by atoms with E-state index in [4.69, 9.17) is 0 Å². The summed E-state index contributed by atoms with van der Waals surface area (Å²) in [7, 11) is 0. The Morgan fingerprint density at radius 2 is 1.57 bits per heavy atom. The highest BCUT2D eigenvalue weighted by Gasteiger charge is 2.41. The molecule has 0 unspecified atom stereocenters. The molecule has 0 aliphatic carbocycles. The highest BCUT2D eigenvalue weighted by atomic mass is 32.2. The van der Waals surface area contributed by atoms with E-state index in [2.05, 4.69) is 10.2 Å². The Labute approximate surface area is 210 Å².